The molecule has 0 radical (unpaired) electrons. The standard InChI is InChI=1S/C13H16ClNO2/c14-12-4-2-1-3-11(12)9-15-6-5-10(8-15)7-13(16)17/h1-4,10H,5-9H2,(H,16,17). The summed E-state index contributed by atoms with van der Waals surface area (Å²) in [7, 11) is 0. The van der Waals surface area contributed by atoms with Gasteiger partial charge in [0, 0.05) is 24.5 Å². The third-order valence-corrected chi connectivity index (χ3v) is 3.55. The van der Waals surface area contributed by atoms with Crippen molar-refractivity contribution in [1.29, 1.82) is 0 Å². The molecule has 1 heterocycles. The van der Waals surface area contributed by atoms with Crippen molar-refractivity contribution in [1.82, 2.24) is 4.90 Å². The monoisotopic (exact) mass is 253 g/mol. The fourth-order valence-electron chi connectivity index (χ4n) is 2.34. The number of benzene rings is 1. The van der Waals surface area contributed by atoms with Gasteiger partial charge < -0.3 is 5.11 Å². The Morgan fingerprint density at radius 2 is 2.24 bits per heavy atom. The second-order valence-electron chi connectivity index (χ2n) is 4.58. The summed E-state index contributed by atoms with van der Waals surface area (Å²) in [4.78, 5) is 12.9. The Labute approximate surface area is 106 Å². The van der Waals surface area contributed by atoms with Gasteiger partial charge in [-0.25, -0.2) is 0 Å². The van der Waals surface area contributed by atoms with Crippen molar-refractivity contribution in [3.8, 4) is 0 Å². The Morgan fingerprint density at radius 3 is 2.94 bits per heavy atom. The molecule has 1 aromatic carbocycles. The molecule has 1 saturated heterocycles. The molecule has 0 aliphatic carbocycles. The summed E-state index contributed by atoms with van der Waals surface area (Å²) in [6.45, 7) is 2.64. The topological polar surface area (TPSA) is 40.5 Å². The van der Waals surface area contributed by atoms with E-state index in [1.807, 2.05) is 24.3 Å². The van der Waals surface area contributed by atoms with Gasteiger partial charge in [-0.3, -0.25) is 9.69 Å². The smallest absolute Gasteiger partial charge is 0.303 e. The van der Waals surface area contributed by atoms with E-state index in [0.29, 0.717) is 0 Å². The Hall–Kier alpha value is -1.06. The van der Waals surface area contributed by atoms with Crippen molar-refractivity contribution in [2.45, 2.75) is 19.4 Å². The Balaban J connectivity index is 1.90. The van der Waals surface area contributed by atoms with Gasteiger partial charge in [-0.15, -0.1) is 0 Å². The molecule has 4 heteroatoms. The van der Waals surface area contributed by atoms with Gasteiger partial charge in [0.25, 0.3) is 0 Å². The van der Waals surface area contributed by atoms with Crippen LogP contribution in [-0.4, -0.2) is 29.1 Å². The Morgan fingerprint density at radius 1 is 1.47 bits per heavy atom. The lowest BCUT2D eigenvalue weighted by Crippen LogP contribution is -2.21. The molecule has 1 N–H and O–H groups in total. The summed E-state index contributed by atoms with van der Waals surface area (Å²) in [6, 6.07) is 7.81. The molecule has 17 heavy (non-hydrogen) atoms. The molecule has 1 aromatic rings. The van der Waals surface area contributed by atoms with E-state index in [2.05, 4.69) is 4.90 Å². The summed E-state index contributed by atoms with van der Waals surface area (Å²) in [5.41, 5.74) is 1.12. The first-order valence-electron chi connectivity index (χ1n) is 5.82. The SMILES string of the molecule is O=C(O)CC1CCN(Cc2ccccc2Cl)C1. The molecule has 1 unspecified atom stereocenters. The number of carbonyl (C=O) groups is 1. The quantitative estimate of drug-likeness (QED) is 0.897. The van der Waals surface area contributed by atoms with Crippen LogP contribution in [-0.2, 0) is 11.3 Å². The minimum Gasteiger partial charge on any atom is -0.481 e. The number of nitrogens with zero attached hydrogens (tertiary/aromatic N) is 1. The van der Waals surface area contributed by atoms with Gasteiger partial charge in [0.15, 0.2) is 0 Å². The van der Waals surface area contributed by atoms with Crippen molar-refractivity contribution < 1.29 is 9.90 Å². The lowest BCUT2D eigenvalue weighted by molar-refractivity contribution is -0.138. The van der Waals surface area contributed by atoms with Crippen LogP contribution in [0.1, 0.15) is 18.4 Å². The Bertz CT molecular complexity index is 408. The first kappa shape index (κ1) is 12.4. The predicted octanol–water partition coefficient (Wildman–Crippen LogP) is 2.64. The molecule has 1 aliphatic rings. The molecule has 1 atom stereocenters. The highest BCUT2D eigenvalue weighted by molar-refractivity contribution is 6.31. The second-order valence-corrected chi connectivity index (χ2v) is 4.99. The normalized spacial score (nSPS) is 20.6. The molecule has 0 saturated carbocycles. The first-order chi connectivity index (χ1) is 8.15. The fourth-order valence-corrected chi connectivity index (χ4v) is 2.53. The van der Waals surface area contributed by atoms with Crippen LogP contribution in [0.25, 0.3) is 0 Å². The highest BCUT2D eigenvalue weighted by Gasteiger charge is 2.24. The number of aliphatic carboxylic acids is 1. The number of carboxylic acid groups (broad SMARTS) is 1. The molecular formula is C13H16ClNO2. The first-order valence-corrected chi connectivity index (χ1v) is 6.20. The average molecular weight is 254 g/mol. The molecule has 0 aromatic heterocycles. The molecule has 3 nitrogen and oxygen atoms in total. The zero-order valence-electron chi connectivity index (χ0n) is 9.60. The van der Waals surface area contributed by atoms with Gasteiger partial charge >= 0.3 is 5.97 Å². The highest BCUT2D eigenvalue weighted by Crippen LogP contribution is 2.23. The largest absolute Gasteiger partial charge is 0.481 e. The number of likely N-dealkylation sites (tertiary alicyclic amines) is 1. The van der Waals surface area contributed by atoms with E-state index in [1.165, 1.54) is 0 Å². The minimum atomic E-state index is -0.699. The summed E-state index contributed by atoms with van der Waals surface area (Å²) >= 11 is 6.10. The summed E-state index contributed by atoms with van der Waals surface area (Å²) in [5, 5.41) is 9.54. The molecule has 0 spiro atoms. The molecule has 1 fully saturated rings. The van der Waals surface area contributed by atoms with Crippen LogP contribution in [0.3, 0.4) is 0 Å². The molecule has 2 rings (SSSR count). The Kier molecular flexibility index (Phi) is 4.02. The zero-order chi connectivity index (χ0) is 12.3. The number of carboxylic acids is 1. The number of rotatable bonds is 4. The van der Waals surface area contributed by atoms with E-state index in [-0.39, 0.29) is 12.3 Å². The van der Waals surface area contributed by atoms with Crippen molar-refractivity contribution in [3.05, 3.63) is 34.9 Å². The molecule has 0 bridgehead atoms. The lowest BCUT2D eigenvalue weighted by atomic mass is 10.1. The van der Waals surface area contributed by atoms with Gasteiger partial charge in [0.1, 0.15) is 0 Å². The van der Waals surface area contributed by atoms with E-state index in [0.717, 1.165) is 36.6 Å². The van der Waals surface area contributed by atoms with Crippen LogP contribution in [0.5, 0.6) is 0 Å². The van der Waals surface area contributed by atoms with Gasteiger partial charge in [-0.05, 0) is 30.5 Å². The van der Waals surface area contributed by atoms with Gasteiger partial charge in [0.2, 0.25) is 0 Å². The van der Waals surface area contributed by atoms with E-state index in [4.69, 9.17) is 16.7 Å². The maximum Gasteiger partial charge on any atom is 0.303 e. The van der Waals surface area contributed by atoms with E-state index >= 15 is 0 Å². The van der Waals surface area contributed by atoms with E-state index in [9.17, 15) is 4.79 Å². The number of hydrogen-bond acceptors (Lipinski definition) is 2. The molecule has 0 amide bonds. The molecule has 1 aliphatic heterocycles. The fraction of sp³-hybridized carbons (Fsp3) is 0.462. The van der Waals surface area contributed by atoms with Crippen molar-refractivity contribution in [2.24, 2.45) is 5.92 Å². The third kappa shape index (κ3) is 3.45. The number of hydrogen-bond donors (Lipinski definition) is 1. The van der Waals surface area contributed by atoms with Crippen LogP contribution in [0.2, 0.25) is 5.02 Å². The predicted molar refractivity (Wildman–Crippen MR) is 67.1 cm³/mol. The van der Waals surface area contributed by atoms with Crippen LogP contribution < -0.4 is 0 Å². The van der Waals surface area contributed by atoms with Gasteiger partial charge in [-0.1, -0.05) is 29.8 Å². The zero-order valence-corrected chi connectivity index (χ0v) is 10.4. The number of halogens is 1. The molecule has 92 valence electrons. The maximum atomic E-state index is 10.6. The van der Waals surface area contributed by atoms with Crippen molar-refractivity contribution in [3.63, 3.8) is 0 Å². The second kappa shape index (κ2) is 5.52. The third-order valence-electron chi connectivity index (χ3n) is 3.19. The van der Waals surface area contributed by atoms with Crippen LogP contribution in [0.15, 0.2) is 24.3 Å². The van der Waals surface area contributed by atoms with Crippen LogP contribution in [0.4, 0.5) is 0 Å². The average Bonchev–Trinajstić information content (AvgIpc) is 2.68. The van der Waals surface area contributed by atoms with Crippen molar-refractivity contribution in [2.75, 3.05) is 13.1 Å². The van der Waals surface area contributed by atoms with Gasteiger partial charge in [-0.2, -0.15) is 0 Å². The minimum absolute atomic E-state index is 0.277. The van der Waals surface area contributed by atoms with Crippen molar-refractivity contribution >= 4 is 17.6 Å². The lowest BCUT2D eigenvalue weighted by Gasteiger charge is -2.16. The van der Waals surface area contributed by atoms with Crippen LogP contribution >= 0.6 is 11.6 Å². The molecular weight excluding hydrogens is 238 g/mol. The van der Waals surface area contributed by atoms with Crippen LogP contribution in [0, 0.1) is 5.92 Å². The summed E-state index contributed by atoms with van der Waals surface area (Å²) in [5.74, 6) is -0.412. The van der Waals surface area contributed by atoms with E-state index in [1.54, 1.807) is 0 Å². The van der Waals surface area contributed by atoms with Gasteiger partial charge in [0.05, 0.1) is 0 Å². The maximum absolute atomic E-state index is 10.6. The summed E-state index contributed by atoms with van der Waals surface area (Å²) in [6.07, 6.45) is 1.25. The van der Waals surface area contributed by atoms with E-state index < -0.39 is 5.97 Å². The summed E-state index contributed by atoms with van der Waals surface area (Å²) < 4.78 is 0. The highest BCUT2D eigenvalue weighted by atomic mass is 35.5.